The Bertz CT molecular complexity index is 477. The second-order valence-electron chi connectivity index (χ2n) is 3.98. The largest absolute Gasteiger partial charge is 0.316 e. The van der Waals surface area contributed by atoms with E-state index in [9.17, 15) is 0 Å². The average molecular weight is 246 g/mol. The molecule has 0 bridgehead atoms. The highest BCUT2D eigenvalue weighted by atomic mass is 32.1. The van der Waals surface area contributed by atoms with Crippen LogP contribution in [0.2, 0.25) is 0 Å². The highest BCUT2D eigenvalue weighted by Gasteiger charge is 2.06. The summed E-state index contributed by atoms with van der Waals surface area (Å²) >= 11 is 1.86. The van der Waals surface area contributed by atoms with Gasteiger partial charge in [-0.05, 0) is 37.4 Å². The molecule has 0 aliphatic heterocycles. The molecule has 2 N–H and O–H groups in total. The van der Waals surface area contributed by atoms with Crippen molar-refractivity contribution in [3.8, 4) is 10.4 Å². The molecule has 90 valence electrons. The molecule has 1 aromatic carbocycles. The van der Waals surface area contributed by atoms with Crippen molar-refractivity contribution in [3.63, 3.8) is 0 Å². The summed E-state index contributed by atoms with van der Waals surface area (Å²) in [4.78, 5) is 2.72. The molecule has 17 heavy (non-hydrogen) atoms. The van der Waals surface area contributed by atoms with Crippen LogP contribution in [-0.4, -0.2) is 14.1 Å². The van der Waals surface area contributed by atoms with Crippen LogP contribution in [0.25, 0.3) is 10.4 Å². The minimum atomic E-state index is 0.912. The molecule has 2 rings (SSSR count). The lowest BCUT2D eigenvalue weighted by atomic mass is 10.1. The van der Waals surface area contributed by atoms with E-state index in [-0.39, 0.29) is 0 Å². The third-order valence-corrected chi connectivity index (χ3v) is 3.78. The molecule has 0 saturated heterocycles. The van der Waals surface area contributed by atoms with Gasteiger partial charge in [0.05, 0.1) is 0 Å². The fraction of sp³-hybridized carbons (Fsp3) is 0.286. The summed E-state index contributed by atoms with van der Waals surface area (Å²) in [5, 5.41) is 6.41. The number of nitrogens with one attached hydrogen (secondary N) is 2. The number of thiophene rings is 1. The van der Waals surface area contributed by atoms with E-state index in [0.29, 0.717) is 0 Å². The van der Waals surface area contributed by atoms with Crippen LogP contribution in [0, 0.1) is 0 Å². The van der Waals surface area contributed by atoms with Gasteiger partial charge in [0, 0.05) is 22.8 Å². The second kappa shape index (κ2) is 5.96. The normalized spacial score (nSPS) is 10.7. The van der Waals surface area contributed by atoms with Gasteiger partial charge >= 0.3 is 0 Å². The molecule has 0 saturated carbocycles. The molecule has 1 heterocycles. The molecule has 1 aromatic heterocycles. The molecule has 2 aromatic rings. The quantitative estimate of drug-likeness (QED) is 0.847. The first kappa shape index (κ1) is 12.3. The summed E-state index contributed by atoms with van der Waals surface area (Å²) in [6, 6.07) is 13.0. The minimum absolute atomic E-state index is 0.912. The van der Waals surface area contributed by atoms with Gasteiger partial charge in [0.2, 0.25) is 0 Å². The van der Waals surface area contributed by atoms with Gasteiger partial charge in [-0.3, -0.25) is 0 Å². The third-order valence-electron chi connectivity index (χ3n) is 2.66. The van der Waals surface area contributed by atoms with Crippen LogP contribution in [0.4, 0.5) is 0 Å². The van der Waals surface area contributed by atoms with E-state index in [1.165, 1.54) is 20.9 Å². The molecule has 2 nitrogen and oxygen atoms in total. The van der Waals surface area contributed by atoms with E-state index in [1.54, 1.807) is 0 Å². The van der Waals surface area contributed by atoms with Crippen LogP contribution in [0.1, 0.15) is 10.4 Å². The highest BCUT2D eigenvalue weighted by molar-refractivity contribution is 7.15. The summed E-state index contributed by atoms with van der Waals surface area (Å²) < 4.78 is 0. The van der Waals surface area contributed by atoms with Gasteiger partial charge in [-0.2, -0.15) is 0 Å². The van der Waals surface area contributed by atoms with Crippen molar-refractivity contribution in [2.45, 2.75) is 13.1 Å². The first-order valence-electron chi connectivity index (χ1n) is 5.81. The van der Waals surface area contributed by atoms with E-state index in [2.05, 4.69) is 47.0 Å². The molecule has 0 unspecified atom stereocenters. The zero-order valence-electron chi connectivity index (χ0n) is 10.3. The summed E-state index contributed by atoms with van der Waals surface area (Å²) in [6.45, 7) is 1.86. The molecule has 0 aliphatic rings. The molecule has 0 radical (unpaired) electrons. The number of rotatable bonds is 5. The highest BCUT2D eigenvalue weighted by Crippen LogP contribution is 2.30. The molecular weight excluding hydrogens is 228 g/mol. The van der Waals surface area contributed by atoms with Crippen molar-refractivity contribution in [2.75, 3.05) is 14.1 Å². The smallest absolute Gasteiger partial charge is 0.0349 e. The Morgan fingerprint density at radius 2 is 1.71 bits per heavy atom. The fourth-order valence-corrected chi connectivity index (χ4v) is 2.98. The van der Waals surface area contributed by atoms with Gasteiger partial charge in [-0.15, -0.1) is 11.3 Å². The second-order valence-corrected chi connectivity index (χ2v) is 5.15. The van der Waals surface area contributed by atoms with Crippen LogP contribution in [-0.2, 0) is 13.1 Å². The zero-order chi connectivity index (χ0) is 12.1. The molecule has 0 amide bonds. The van der Waals surface area contributed by atoms with Crippen LogP contribution in [0.3, 0.4) is 0 Å². The maximum atomic E-state index is 3.22. The van der Waals surface area contributed by atoms with Gasteiger partial charge in [-0.25, -0.2) is 0 Å². The lowest BCUT2D eigenvalue weighted by Gasteiger charge is -2.06. The van der Waals surface area contributed by atoms with Gasteiger partial charge in [-0.1, -0.05) is 24.3 Å². The van der Waals surface area contributed by atoms with Crippen LogP contribution in [0.15, 0.2) is 36.4 Å². The Hall–Kier alpha value is -1.16. The van der Waals surface area contributed by atoms with Gasteiger partial charge in [0.1, 0.15) is 0 Å². The first-order chi connectivity index (χ1) is 8.35. The van der Waals surface area contributed by atoms with E-state index in [4.69, 9.17) is 0 Å². The lowest BCUT2D eigenvalue weighted by Crippen LogP contribution is -2.05. The maximum absolute atomic E-state index is 3.22. The van der Waals surface area contributed by atoms with E-state index in [0.717, 1.165) is 13.1 Å². The lowest BCUT2D eigenvalue weighted by molar-refractivity contribution is 0.820. The van der Waals surface area contributed by atoms with Crippen molar-refractivity contribution < 1.29 is 0 Å². The maximum Gasteiger partial charge on any atom is 0.0349 e. The average Bonchev–Trinajstić information content (AvgIpc) is 2.79. The van der Waals surface area contributed by atoms with Crippen molar-refractivity contribution in [3.05, 3.63) is 46.8 Å². The Morgan fingerprint density at radius 1 is 0.941 bits per heavy atom. The fourth-order valence-electron chi connectivity index (χ4n) is 1.90. The predicted octanol–water partition coefficient (Wildman–Crippen LogP) is 2.85. The van der Waals surface area contributed by atoms with E-state index in [1.807, 2.05) is 25.4 Å². The predicted molar refractivity (Wildman–Crippen MR) is 75.3 cm³/mol. The Morgan fingerprint density at radius 3 is 2.47 bits per heavy atom. The van der Waals surface area contributed by atoms with E-state index < -0.39 is 0 Å². The van der Waals surface area contributed by atoms with Crippen molar-refractivity contribution >= 4 is 11.3 Å². The Balaban J connectivity index is 2.31. The Kier molecular flexibility index (Phi) is 4.31. The third kappa shape index (κ3) is 2.94. The number of hydrogen-bond acceptors (Lipinski definition) is 3. The first-order valence-corrected chi connectivity index (χ1v) is 6.63. The minimum Gasteiger partial charge on any atom is -0.316 e. The molecule has 0 spiro atoms. The van der Waals surface area contributed by atoms with E-state index >= 15 is 0 Å². The number of benzene rings is 1. The summed E-state index contributed by atoms with van der Waals surface area (Å²) in [5.41, 5.74) is 2.70. The number of hydrogen-bond donors (Lipinski definition) is 2. The molecule has 0 atom stereocenters. The van der Waals surface area contributed by atoms with Crippen molar-refractivity contribution in [2.24, 2.45) is 0 Å². The zero-order valence-corrected chi connectivity index (χ0v) is 11.1. The van der Waals surface area contributed by atoms with Crippen molar-refractivity contribution in [1.82, 2.24) is 10.6 Å². The molecule has 0 aliphatic carbocycles. The van der Waals surface area contributed by atoms with Crippen LogP contribution < -0.4 is 10.6 Å². The van der Waals surface area contributed by atoms with Gasteiger partial charge < -0.3 is 10.6 Å². The molecule has 0 fully saturated rings. The molecule has 3 heteroatoms. The van der Waals surface area contributed by atoms with Gasteiger partial charge in [0.25, 0.3) is 0 Å². The monoisotopic (exact) mass is 246 g/mol. The summed E-state index contributed by atoms with van der Waals surface area (Å²) in [6.07, 6.45) is 0. The summed E-state index contributed by atoms with van der Waals surface area (Å²) in [5.74, 6) is 0. The SMILES string of the molecule is CNCc1ccc(-c2ccccc2CNC)s1. The topological polar surface area (TPSA) is 24.1 Å². The standard InChI is InChI=1S/C14H18N2S/c1-15-9-11-5-3-4-6-13(11)14-8-7-12(17-14)10-16-2/h3-8,15-16H,9-10H2,1-2H3. The van der Waals surface area contributed by atoms with Crippen LogP contribution in [0.5, 0.6) is 0 Å². The summed E-state index contributed by atoms with van der Waals surface area (Å²) in [7, 11) is 3.96. The Labute approximate surface area is 107 Å². The van der Waals surface area contributed by atoms with Crippen LogP contribution >= 0.6 is 11.3 Å². The van der Waals surface area contributed by atoms with Gasteiger partial charge in [0.15, 0.2) is 0 Å². The van der Waals surface area contributed by atoms with Crippen molar-refractivity contribution in [1.29, 1.82) is 0 Å². The molecular formula is C14H18N2S.